The molecule has 0 saturated carbocycles. The topological polar surface area (TPSA) is 94.7 Å². The molecule has 35 heavy (non-hydrogen) atoms. The van der Waals surface area contributed by atoms with Gasteiger partial charge in [0.05, 0.1) is 18.8 Å². The molecule has 184 valence electrons. The molecule has 2 N–H and O–H groups in total. The van der Waals surface area contributed by atoms with Crippen LogP contribution in [0.5, 0.6) is 0 Å². The van der Waals surface area contributed by atoms with Gasteiger partial charge in [0.15, 0.2) is 12.5 Å². The molecule has 2 aromatic carbocycles. The summed E-state index contributed by atoms with van der Waals surface area (Å²) in [5, 5.41) is 24.9. The lowest BCUT2D eigenvalue weighted by molar-refractivity contribution is -0.645. The van der Waals surface area contributed by atoms with Crippen LogP contribution in [0.3, 0.4) is 0 Å². The lowest BCUT2D eigenvalue weighted by atomic mass is 9.91. The van der Waals surface area contributed by atoms with E-state index in [2.05, 4.69) is 12.2 Å². The Balaban J connectivity index is 1.55. The summed E-state index contributed by atoms with van der Waals surface area (Å²) in [7, 11) is 0. The Morgan fingerprint density at radius 1 is 1.03 bits per heavy atom. The van der Waals surface area contributed by atoms with Gasteiger partial charge in [-0.3, -0.25) is 4.79 Å². The average Bonchev–Trinajstić information content (AvgIpc) is 2.88. The molecule has 8 heteroatoms. The van der Waals surface area contributed by atoms with E-state index in [1.165, 1.54) is 24.9 Å². The van der Waals surface area contributed by atoms with Gasteiger partial charge < -0.3 is 25.1 Å². The van der Waals surface area contributed by atoms with Crippen LogP contribution in [-0.2, 0) is 27.4 Å². The van der Waals surface area contributed by atoms with Gasteiger partial charge in [-0.05, 0) is 22.8 Å². The van der Waals surface area contributed by atoms with Crippen LogP contribution in [0.4, 0.5) is 0 Å². The first-order chi connectivity index (χ1) is 16.9. The molecule has 4 rings (SSSR count). The van der Waals surface area contributed by atoms with Crippen LogP contribution in [0.2, 0.25) is 0 Å². The fraction of sp³-hybridized carbons (Fsp3) is 0.333. The minimum atomic E-state index is -0.579. The average molecular weight is 495 g/mol. The summed E-state index contributed by atoms with van der Waals surface area (Å²) in [6, 6.07) is 21.0. The van der Waals surface area contributed by atoms with Gasteiger partial charge in [-0.25, -0.2) is 0 Å². The molecule has 0 bridgehead atoms. The van der Waals surface area contributed by atoms with Gasteiger partial charge >= 0.3 is 0 Å². The number of benzene rings is 2. The van der Waals surface area contributed by atoms with E-state index in [1.54, 1.807) is 12.1 Å². The second kappa shape index (κ2) is 11.7. The number of carbonyl (C=O) groups excluding carboxylic acids is 1. The van der Waals surface area contributed by atoms with Crippen molar-refractivity contribution in [2.45, 2.75) is 50.5 Å². The molecule has 7 nitrogen and oxygen atoms in total. The zero-order valence-corrected chi connectivity index (χ0v) is 20.6. The summed E-state index contributed by atoms with van der Waals surface area (Å²) >= 11 is 1.47. The van der Waals surface area contributed by atoms with Crippen molar-refractivity contribution < 1.29 is 24.1 Å². The van der Waals surface area contributed by atoms with Crippen LogP contribution in [0.1, 0.15) is 48.5 Å². The van der Waals surface area contributed by atoms with Crippen LogP contribution in [0.25, 0.3) is 0 Å². The van der Waals surface area contributed by atoms with Gasteiger partial charge in [0.25, 0.3) is 5.03 Å². The standard InChI is InChI=1S/C27H30N2O5S/c1-18-24(17-35-25-5-3-4-14-29(25)32)33-27(23-12-6-20(7-13-23)15-28-19(2)31)34-26(18)22-10-8-21(16-30)9-11-22/h3-14,18,24,26-27,30H,15-17H2,1-2H3,(H,28,31)/t18-,24+,26+,27+/m0/s1. The molecule has 0 unspecified atom stereocenters. The predicted octanol–water partition coefficient (Wildman–Crippen LogP) is 4.03. The summed E-state index contributed by atoms with van der Waals surface area (Å²) in [5.74, 6) is 0.552. The van der Waals surface area contributed by atoms with Gasteiger partial charge in [-0.15, -0.1) is 0 Å². The molecule has 1 aliphatic rings. The predicted molar refractivity (Wildman–Crippen MR) is 133 cm³/mol. The van der Waals surface area contributed by atoms with Gasteiger partial charge in [0, 0.05) is 42.8 Å². The molecule has 1 fully saturated rings. The summed E-state index contributed by atoms with van der Waals surface area (Å²) in [4.78, 5) is 11.2. The Morgan fingerprint density at radius 3 is 2.37 bits per heavy atom. The van der Waals surface area contributed by atoms with Gasteiger partial charge in [-0.2, -0.15) is 4.73 Å². The maximum Gasteiger partial charge on any atom is 0.251 e. The van der Waals surface area contributed by atoms with Crippen molar-refractivity contribution in [1.82, 2.24) is 5.32 Å². The first-order valence-corrected chi connectivity index (χ1v) is 12.6. The number of rotatable bonds is 8. The third-order valence-corrected chi connectivity index (χ3v) is 7.21. The van der Waals surface area contributed by atoms with E-state index in [0.717, 1.165) is 27.0 Å². The van der Waals surface area contributed by atoms with E-state index < -0.39 is 6.29 Å². The maximum atomic E-state index is 12.1. The second-order valence-corrected chi connectivity index (χ2v) is 9.69. The molecular weight excluding hydrogens is 464 g/mol. The summed E-state index contributed by atoms with van der Waals surface area (Å²) in [5.41, 5.74) is 3.73. The largest absolute Gasteiger partial charge is 0.618 e. The van der Waals surface area contributed by atoms with Crippen LogP contribution >= 0.6 is 11.8 Å². The van der Waals surface area contributed by atoms with Crippen molar-refractivity contribution >= 4 is 17.7 Å². The fourth-order valence-electron chi connectivity index (χ4n) is 4.02. The Kier molecular flexibility index (Phi) is 8.41. The van der Waals surface area contributed by atoms with E-state index in [4.69, 9.17) is 9.47 Å². The molecule has 1 amide bonds. The zero-order chi connectivity index (χ0) is 24.8. The number of aliphatic hydroxyl groups excluding tert-OH is 1. The van der Waals surface area contributed by atoms with E-state index >= 15 is 0 Å². The maximum absolute atomic E-state index is 12.1. The molecule has 0 spiro atoms. The van der Waals surface area contributed by atoms with E-state index in [9.17, 15) is 15.1 Å². The number of amides is 1. The second-order valence-electron chi connectivity index (χ2n) is 8.65. The van der Waals surface area contributed by atoms with Crippen LogP contribution in [-0.4, -0.2) is 22.9 Å². The molecule has 0 radical (unpaired) electrons. The minimum absolute atomic E-state index is 0.0105. The van der Waals surface area contributed by atoms with Crippen molar-refractivity contribution in [3.63, 3.8) is 0 Å². The molecule has 1 saturated heterocycles. The number of aliphatic hydroxyl groups is 1. The van der Waals surface area contributed by atoms with E-state index in [1.807, 2.05) is 54.6 Å². The molecule has 4 atom stereocenters. The highest BCUT2D eigenvalue weighted by atomic mass is 32.2. The monoisotopic (exact) mass is 494 g/mol. The highest BCUT2D eigenvalue weighted by Crippen LogP contribution is 2.42. The van der Waals surface area contributed by atoms with Gasteiger partial charge in [0.1, 0.15) is 0 Å². The molecular formula is C27H30N2O5S. The summed E-state index contributed by atoms with van der Waals surface area (Å²) < 4.78 is 13.7. The normalized spacial score (nSPS) is 22.0. The number of hydrogen-bond acceptors (Lipinski definition) is 6. The quantitative estimate of drug-likeness (QED) is 0.279. The van der Waals surface area contributed by atoms with Crippen molar-refractivity contribution in [2.75, 3.05) is 5.75 Å². The molecule has 0 aliphatic carbocycles. The molecule has 1 aromatic heterocycles. The van der Waals surface area contributed by atoms with E-state index in [0.29, 0.717) is 17.3 Å². The highest BCUT2D eigenvalue weighted by molar-refractivity contribution is 7.99. The van der Waals surface area contributed by atoms with Crippen molar-refractivity contribution in [3.05, 3.63) is 100 Å². The number of carbonyl (C=O) groups is 1. The Bertz CT molecular complexity index is 1120. The Labute approximate surface area is 209 Å². The minimum Gasteiger partial charge on any atom is -0.618 e. The van der Waals surface area contributed by atoms with E-state index in [-0.39, 0.29) is 30.6 Å². The number of hydrogen-bond donors (Lipinski definition) is 2. The fourth-order valence-corrected chi connectivity index (χ4v) is 5.10. The number of pyridine rings is 1. The third-order valence-electron chi connectivity index (χ3n) is 6.10. The van der Waals surface area contributed by atoms with Crippen molar-refractivity contribution in [2.24, 2.45) is 5.92 Å². The Hall–Kier alpha value is -2.91. The lowest BCUT2D eigenvalue weighted by Gasteiger charge is -2.41. The smallest absolute Gasteiger partial charge is 0.251 e. The summed E-state index contributed by atoms with van der Waals surface area (Å²) in [6.07, 6.45) is 0.527. The van der Waals surface area contributed by atoms with Gasteiger partial charge in [0.2, 0.25) is 5.91 Å². The van der Waals surface area contributed by atoms with Crippen LogP contribution < -0.4 is 10.0 Å². The highest BCUT2D eigenvalue weighted by Gasteiger charge is 2.38. The molecule has 2 heterocycles. The molecule has 1 aliphatic heterocycles. The van der Waals surface area contributed by atoms with Crippen molar-refractivity contribution in [1.29, 1.82) is 0 Å². The summed E-state index contributed by atoms with van der Waals surface area (Å²) in [6.45, 7) is 4.04. The van der Waals surface area contributed by atoms with Crippen molar-refractivity contribution in [3.8, 4) is 0 Å². The molecule has 3 aromatic rings. The van der Waals surface area contributed by atoms with Crippen LogP contribution in [0.15, 0.2) is 78.0 Å². The first-order valence-electron chi connectivity index (χ1n) is 11.6. The van der Waals surface area contributed by atoms with Crippen LogP contribution in [0, 0.1) is 11.1 Å². The number of nitrogens with zero attached hydrogens (tertiary/aromatic N) is 1. The number of aromatic nitrogens is 1. The van der Waals surface area contributed by atoms with Gasteiger partial charge in [-0.1, -0.05) is 67.2 Å². The number of ether oxygens (including phenoxy) is 2. The number of nitrogens with one attached hydrogen (secondary N) is 1. The number of thioether (sulfide) groups is 1. The lowest BCUT2D eigenvalue weighted by Crippen LogP contribution is -2.39. The third kappa shape index (κ3) is 6.41. The SMILES string of the molecule is CC(=O)NCc1ccc([C@@H]2O[C@H](CSc3cccc[n+]3[O-])[C@H](C)[C@H](c3ccc(CO)cc3)O2)cc1. The zero-order valence-electron chi connectivity index (χ0n) is 19.8. The Morgan fingerprint density at radius 2 is 1.71 bits per heavy atom. The first kappa shape index (κ1) is 25.2.